The van der Waals surface area contributed by atoms with Crippen LogP contribution in [0.3, 0.4) is 0 Å². The van der Waals surface area contributed by atoms with Crippen molar-refractivity contribution in [2.45, 2.75) is 53.4 Å². The molecule has 0 N–H and O–H groups in total. The number of nitrogens with zero attached hydrogens (tertiary/aromatic N) is 3. The molecule has 1 aromatic heterocycles. The SMILES string of the molecule is CCOC(=O)C1=C(C)N=c2s/c(=C/c3cc(Cl)c(OCc4ccc([N+](=O)[O-])cc4)c(OCC)c3)c(=O)n2[C@H]1c1ccccc1OC(C)C. The maximum absolute atomic E-state index is 14.2. The van der Waals surface area contributed by atoms with Gasteiger partial charge in [-0.1, -0.05) is 41.1 Å². The van der Waals surface area contributed by atoms with Crippen LogP contribution >= 0.6 is 22.9 Å². The third-order valence-corrected chi connectivity index (χ3v) is 8.52. The third kappa shape index (κ3) is 7.29. The highest BCUT2D eigenvalue weighted by molar-refractivity contribution is 7.07. The molecule has 0 fully saturated rings. The second-order valence-corrected chi connectivity index (χ2v) is 12.4. The summed E-state index contributed by atoms with van der Waals surface area (Å²) in [5, 5.41) is 11.2. The summed E-state index contributed by atoms with van der Waals surface area (Å²) < 4.78 is 25.2. The normalized spacial score (nSPS) is 14.4. The molecule has 0 saturated carbocycles. The van der Waals surface area contributed by atoms with E-state index in [1.165, 1.54) is 28.0 Å². The Bertz CT molecular complexity index is 2070. The lowest BCUT2D eigenvalue weighted by molar-refractivity contribution is -0.384. The van der Waals surface area contributed by atoms with E-state index in [-0.39, 0.29) is 41.2 Å². The van der Waals surface area contributed by atoms with Gasteiger partial charge in [0.05, 0.1) is 45.1 Å². The van der Waals surface area contributed by atoms with Gasteiger partial charge in [0, 0.05) is 17.7 Å². The third-order valence-electron chi connectivity index (χ3n) is 7.25. The largest absolute Gasteiger partial charge is 0.491 e. The van der Waals surface area contributed by atoms with E-state index >= 15 is 0 Å². The summed E-state index contributed by atoms with van der Waals surface area (Å²) in [7, 11) is 0. The summed E-state index contributed by atoms with van der Waals surface area (Å²) >= 11 is 7.87. The Morgan fingerprint density at radius 1 is 1.08 bits per heavy atom. The maximum Gasteiger partial charge on any atom is 0.338 e. The molecule has 0 amide bonds. The van der Waals surface area contributed by atoms with E-state index in [1.807, 2.05) is 45.0 Å². The summed E-state index contributed by atoms with van der Waals surface area (Å²) in [4.78, 5) is 43.1. The van der Waals surface area contributed by atoms with E-state index in [2.05, 4.69) is 4.99 Å². The van der Waals surface area contributed by atoms with Crippen LogP contribution in [0.2, 0.25) is 5.02 Å². The number of ether oxygens (including phenoxy) is 4. The fourth-order valence-corrected chi connectivity index (χ4v) is 6.57. The summed E-state index contributed by atoms with van der Waals surface area (Å²) in [6, 6.07) is 15.9. The zero-order valence-electron chi connectivity index (χ0n) is 27.0. The van der Waals surface area contributed by atoms with Gasteiger partial charge in [-0.25, -0.2) is 9.79 Å². The Morgan fingerprint density at radius 3 is 2.48 bits per heavy atom. The van der Waals surface area contributed by atoms with Crippen molar-refractivity contribution >= 4 is 40.7 Å². The van der Waals surface area contributed by atoms with Gasteiger partial charge in [0.15, 0.2) is 16.3 Å². The molecule has 0 aliphatic carbocycles. The average molecular weight is 692 g/mol. The lowest BCUT2D eigenvalue weighted by Gasteiger charge is -2.26. The fourth-order valence-electron chi connectivity index (χ4n) is 5.25. The van der Waals surface area contributed by atoms with E-state index < -0.39 is 16.9 Å². The molecule has 1 atom stereocenters. The van der Waals surface area contributed by atoms with E-state index in [4.69, 9.17) is 30.5 Å². The van der Waals surface area contributed by atoms with E-state index in [9.17, 15) is 19.7 Å². The molecule has 0 bridgehead atoms. The molecule has 2 heterocycles. The number of hydrogen-bond acceptors (Lipinski definition) is 10. The molecule has 11 nitrogen and oxygen atoms in total. The Balaban J connectivity index is 1.58. The molecule has 0 spiro atoms. The number of para-hydroxylation sites is 1. The number of aromatic nitrogens is 1. The summed E-state index contributed by atoms with van der Waals surface area (Å²) in [6.07, 6.45) is 1.54. The molecular weight excluding hydrogens is 658 g/mol. The number of nitro benzene ring substituents is 1. The highest BCUT2D eigenvalue weighted by Crippen LogP contribution is 2.38. The topological polar surface area (TPSA) is 131 Å². The molecule has 3 aromatic carbocycles. The number of hydrogen-bond donors (Lipinski definition) is 0. The molecule has 1 aliphatic rings. The lowest BCUT2D eigenvalue weighted by atomic mass is 9.95. The minimum atomic E-state index is -0.838. The number of allylic oxidation sites excluding steroid dienone is 1. The number of esters is 1. The number of nitro groups is 1. The van der Waals surface area contributed by atoms with Crippen LogP contribution in [-0.4, -0.2) is 34.8 Å². The Hall–Kier alpha value is -4.94. The Morgan fingerprint density at radius 2 is 1.81 bits per heavy atom. The monoisotopic (exact) mass is 691 g/mol. The predicted molar refractivity (Wildman–Crippen MR) is 183 cm³/mol. The molecule has 0 unspecified atom stereocenters. The van der Waals surface area contributed by atoms with Crippen LogP contribution in [0.4, 0.5) is 5.69 Å². The summed E-state index contributed by atoms with van der Waals surface area (Å²) in [6.45, 7) is 9.67. The number of thiazole rings is 1. The summed E-state index contributed by atoms with van der Waals surface area (Å²) in [5.74, 6) is 0.645. The van der Waals surface area contributed by atoms with E-state index in [0.717, 1.165) is 0 Å². The first-order valence-corrected chi connectivity index (χ1v) is 16.5. The minimum Gasteiger partial charge on any atom is -0.491 e. The van der Waals surface area contributed by atoms with Gasteiger partial charge < -0.3 is 18.9 Å². The first-order chi connectivity index (χ1) is 23.0. The van der Waals surface area contributed by atoms with Crippen molar-refractivity contribution in [1.82, 2.24) is 4.57 Å². The zero-order valence-corrected chi connectivity index (χ0v) is 28.6. The number of benzene rings is 3. The quantitative estimate of drug-likeness (QED) is 0.0986. The Labute approximate surface area is 285 Å². The highest BCUT2D eigenvalue weighted by Gasteiger charge is 2.35. The molecule has 5 rings (SSSR count). The van der Waals surface area contributed by atoms with Crippen molar-refractivity contribution in [3.63, 3.8) is 0 Å². The molecule has 48 heavy (non-hydrogen) atoms. The minimum absolute atomic E-state index is 0.0203. The van der Waals surface area contributed by atoms with Gasteiger partial charge in [-0.15, -0.1) is 0 Å². The first kappa shape index (κ1) is 34.4. The zero-order chi connectivity index (χ0) is 34.5. The number of fused-ring (bicyclic) bond motifs is 1. The molecule has 1 aliphatic heterocycles. The van der Waals surface area contributed by atoms with Crippen LogP contribution in [0.15, 0.2) is 81.7 Å². The molecule has 0 radical (unpaired) electrons. The maximum atomic E-state index is 14.2. The average Bonchev–Trinajstić information content (AvgIpc) is 3.34. The van der Waals surface area contributed by atoms with E-state index in [1.54, 1.807) is 44.2 Å². The summed E-state index contributed by atoms with van der Waals surface area (Å²) in [5.41, 5.74) is 2.24. The molecular formula is C35H34ClN3O8S. The van der Waals surface area contributed by atoms with Gasteiger partial charge in [-0.2, -0.15) is 0 Å². The van der Waals surface area contributed by atoms with E-state index in [0.29, 0.717) is 55.6 Å². The smallest absolute Gasteiger partial charge is 0.338 e. The van der Waals surface area contributed by atoms with Crippen molar-refractivity contribution in [1.29, 1.82) is 0 Å². The van der Waals surface area contributed by atoms with Gasteiger partial charge in [0.1, 0.15) is 18.4 Å². The van der Waals surface area contributed by atoms with Crippen LogP contribution < -0.4 is 29.1 Å². The number of halogens is 1. The van der Waals surface area contributed by atoms with Gasteiger partial charge in [-0.05, 0) is 82.2 Å². The molecule has 4 aromatic rings. The van der Waals surface area contributed by atoms with Gasteiger partial charge in [-0.3, -0.25) is 19.5 Å². The van der Waals surface area contributed by atoms with Crippen molar-refractivity contribution in [3.8, 4) is 17.2 Å². The van der Waals surface area contributed by atoms with Crippen molar-refractivity contribution in [2.75, 3.05) is 13.2 Å². The van der Waals surface area contributed by atoms with Crippen LogP contribution in [0, 0.1) is 10.1 Å². The van der Waals surface area contributed by atoms with Crippen molar-refractivity contribution in [2.24, 2.45) is 4.99 Å². The number of carbonyl (C=O) groups is 1. The van der Waals surface area contributed by atoms with Crippen LogP contribution in [-0.2, 0) is 16.1 Å². The molecule has 250 valence electrons. The van der Waals surface area contributed by atoms with Crippen LogP contribution in [0.25, 0.3) is 6.08 Å². The molecule has 0 saturated heterocycles. The second-order valence-electron chi connectivity index (χ2n) is 11.0. The number of carbonyl (C=O) groups excluding carboxylic acids is 1. The van der Waals surface area contributed by atoms with Gasteiger partial charge in [0.2, 0.25) is 0 Å². The number of rotatable bonds is 12. The van der Waals surface area contributed by atoms with Crippen molar-refractivity contribution < 1.29 is 28.7 Å². The predicted octanol–water partition coefficient (Wildman–Crippen LogP) is 6.12. The fraction of sp³-hybridized carbons (Fsp3) is 0.286. The molecule has 13 heteroatoms. The number of non-ortho nitro benzene ring substituents is 1. The van der Waals surface area contributed by atoms with Gasteiger partial charge in [0.25, 0.3) is 11.2 Å². The lowest BCUT2D eigenvalue weighted by Crippen LogP contribution is -2.40. The second kappa shape index (κ2) is 14.9. The highest BCUT2D eigenvalue weighted by atomic mass is 35.5. The standard InChI is InChI=1S/C35H34ClN3O8S/c1-6-44-28-17-23(16-26(36)32(28)46-19-22-12-14-24(15-13-22)39(42)43)18-29-33(40)38-31(25-10-8-9-11-27(25)47-20(3)4)30(34(41)45-7-2)21(5)37-35(38)48-29/h8-18,20,31H,6-7,19H2,1-5H3/b29-18+/t31-/m0/s1. The van der Waals surface area contributed by atoms with Gasteiger partial charge >= 0.3 is 5.97 Å². The van der Waals surface area contributed by atoms with Crippen molar-refractivity contribution in [3.05, 3.63) is 123 Å². The Kier molecular flexibility index (Phi) is 10.7. The van der Waals surface area contributed by atoms with Crippen LogP contribution in [0.1, 0.15) is 57.4 Å². The van der Waals surface area contributed by atoms with Crippen LogP contribution in [0.5, 0.6) is 17.2 Å². The first-order valence-electron chi connectivity index (χ1n) is 15.3.